The van der Waals surface area contributed by atoms with Crippen LogP contribution in [0.2, 0.25) is 0 Å². The van der Waals surface area contributed by atoms with E-state index in [1.165, 1.54) is 0 Å². The molecule has 0 amide bonds. The van der Waals surface area contributed by atoms with Gasteiger partial charge in [-0.3, -0.25) is 14.9 Å². The number of aliphatic hydroxyl groups excluding tert-OH is 1. The zero-order chi connectivity index (χ0) is 11.6. The van der Waals surface area contributed by atoms with Gasteiger partial charge in [-0.25, -0.2) is 0 Å². The van der Waals surface area contributed by atoms with Crippen molar-refractivity contribution in [3.05, 3.63) is 0 Å². The summed E-state index contributed by atoms with van der Waals surface area (Å²) in [4.78, 5) is 21.6. The van der Waals surface area contributed by atoms with E-state index in [1.54, 1.807) is 0 Å². The average molecular weight is 218 g/mol. The van der Waals surface area contributed by atoms with Crippen LogP contribution < -0.4 is 11.1 Å². The molecule has 0 aromatic heterocycles. The highest BCUT2D eigenvalue weighted by molar-refractivity contribution is 5.83. The first-order chi connectivity index (χ1) is 6.92. The average Bonchev–Trinajstić information content (AvgIpc) is 2.65. The van der Waals surface area contributed by atoms with E-state index in [0.29, 0.717) is 13.0 Å². The van der Waals surface area contributed by atoms with Crippen LogP contribution in [0.4, 0.5) is 0 Å². The second-order valence-electron chi connectivity index (χ2n) is 3.62. The summed E-state index contributed by atoms with van der Waals surface area (Å²) >= 11 is 0. The van der Waals surface area contributed by atoms with Gasteiger partial charge in [0.05, 0.1) is 0 Å². The number of carboxylic acid groups (broad SMARTS) is 2. The fourth-order valence-corrected chi connectivity index (χ4v) is 1.77. The molecule has 7 nitrogen and oxygen atoms in total. The predicted molar refractivity (Wildman–Crippen MR) is 49.2 cm³/mol. The number of rotatable bonds is 4. The number of aliphatic hydroxyl groups is 1. The summed E-state index contributed by atoms with van der Waals surface area (Å²) in [7, 11) is 0. The molecule has 1 aliphatic heterocycles. The van der Waals surface area contributed by atoms with Crippen molar-refractivity contribution in [2.45, 2.75) is 30.5 Å². The molecule has 0 spiro atoms. The van der Waals surface area contributed by atoms with Gasteiger partial charge in [-0.1, -0.05) is 0 Å². The lowest BCUT2D eigenvalue weighted by molar-refractivity contribution is -0.153. The van der Waals surface area contributed by atoms with Crippen LogP contribution in [0.1, 0.15) is 12.8 Å². The van der Waals surface area contributed by atoms with Crippen LogP contribution in [-0.2, 0) is 9.59 Å². The van der Waals surface area contributed by atoms with Gasteiger partial charge < -0.3 is 21.1 Å². The van der Waals surface area contributed by atoms with E-state index in [9.17, 15) is 14.7 Å². The van der Waals surface area contributed by atoms with Crippen LogP contribution in [0.5, 0.6) is 0 Å². The molecular weight excluding hydrogens is 204 g/mol. The van der Waals surface area contributed by atoms with Gasteiger partial charge in [0.1, 0.15) is 17.7 Å². The molecule has 1 saturated heterocycles. The molecule has 0 radical (unpaired) electrons. The largest absolute Gasteiger partial charge is 0.480 e. The first-order valence-corrected chi connectivity index (χ1v) is 4.56. The summed E-state index contributed by atoms with van der Waals surface area (Å²) in [5.41, 5.74) is 3.58. The van der Waals surface area contributed by atoms with E-state index in [1.807, 2.05) is 0 Å². The number of hydrogen-bond acceptors (Lipinski definition) is 5. The summed E-state index contributed by atoms with van der Waals surface area (Å²) in [6, 6.07) is -1.60. The van der Waals surface area contributed by atoms with Crippen LogP contribution in [0.3, 0.4) is 0 Å². The fraction of sp³-hybridized carbons (Fsp3) is 0.750. The van der Waals surface area contributed by atoms with Crippen molar-refractivity contribution in [3.8, 4) is 0 Å². The Morgan fingerprint density at radius 2 is 2.00 bits per heavy atom. The molecule has 6 N–H and O–H groups in total. The van der Waals surface area contributed by atoms with Crippen LogP contribution in [0, 0.1) is 0 Å². The zero-order valence-corrected chi connectivity index (χ0v) is 8.01. The first-order valence-electron chi connectivity index (χ1n) is 4.56. The van der Waals surface area contributed by atoms with Crippen molar-refractivity contribution < 1.29 is 24.9 Å². The molecule has 1 fully saturated rings. The molecule has 15 heavy (non-hydrogen) atoms. The van der Waals surface area contributed by atoms with Gasteiger partial charge in [0.15, 0.2) is 0 Å². The first kappa shape index (κ1) is 11.9. The van der Waals surface area contributed by atoms with Crippen LogP contribution in [0.15, 0.2) is 0 Å². The van der Waals surface area contributed by atoms with Crippen LogP contribution in [0.25, 0.3) is 0 Å². The lowest BCUT2D eigenvalue weighted by Crippen LogP contribution is -2.64. The Bertz CT molecular complexity index is 274. The quantitative estimate of drug-likeness (QED) is 0.367. The normalized spacial score (nSPS) is 29.7. The Kier molecular flexibility index (Phi) is 3.28. The van der Waals surface area contributed by atoms with Crippen molar-refractivity contribution in [1.29, 1.82) is 0 Å². The highest BCUT2D eigenvalue weighted by Gasteiger charge is 2.51. The van der Waals surface area contributed by atoms with Crippen molar-refractivity contribution in [2.24, 2.45) is 5.73 Å². The minimum atomic E-state index is -1.64. The maximum absolute atomic E-state index is 11.0. The van der Waals surface area contributed by atoms with Gasteiger partial charge in [-0.2, -0.15) is 0 Å². The maximum atomic E-state index is 11.0. The minimum Gasteiger partial charge on any atom is -0.480 e. The molecular formula is C8H14N2O5. The molecule has 1 heterocycles. The van der Waals surface area contributed by atoms with E-state index in [4.69, 9.17) is 15.9 Å². The number of carbonyl (C=O) groups is 2. The molecule has 0 unspecified atom stereocenters. The summed E-state index contributed by atoms with van der Waals surface area (Å²) in [6.45, 7) is 0.426. The standard InChI is InChI=1S/C8H14N2O5/c9-4(6(12)13)5(11)8(7(14)15)2-1-3-10-8/h4-5,10-11H,1-3,9H2,(H,12,13)(H,14,15)/t4-,5+,8+/m0/s1. The van der Waals surface area contributed by atoms with Crippen LogP contribution >= 0.6 is 0 Å². The Morgan fingerprint density at radius 1 is 1.40 bits per heavy atom. The molecule has 0 aromatic rings. The molecule has 1 aliphatic rings. The molecule has 7 heteroatoms. The van der Waals surface area contributed by atoms with E-state index in [0.717, 1.165) is 0 Å². The fourth-order valence-electron chi connectivity index (χ4n) is 1.77. The lowest BCUT2D eigenvalue weighted by atomic mass is 9.86. The molecule has 0 saturated carbocycles. The third-order valence-corrected chi connectivity index (χ3v) is 2.70. The molecule has 0 aromatic carbocycles. The number of nitrogens with one attached hydrogen (secondary N) is 1. The molecule has 0 aliphatic carbocycles. The van der Waals surface area contributed by atoms with Gasteiger partial charge in [-0.05, 0) is 19.4 Å². The molecule has 86 valence electrons. The maximum Gasteiger partial charge on any atom is 0.326 e. The van der Waals surface area contributed by atoms with Crippen molar-refractivity contribution >= 4 is 11.9 Å². The minimum absolute atomic E-state index is 0.171. The Balaban J connectivity index is 2.90. The van der Waals surface area contributed by atoms with Crippen molar-refractivity contribution in [3.63, 3.8) is 0 Å². The summed E-state index contributed by atoms with van der Waals surface area (Å²) in [5.74, 6) is -2.69. The van der Waals surface area contributed by atoms with Crippen LogP contribution in [-0.4, -0.2) is 51.5 Å². The monoisotopic (exact) mass is 218 g/mol. The van der Waals surface area contributed by atoms with Crippen molar-refractivity contribution in [2.75, 3.05) is 6.54 Å². The van der Waals surface area contributed by atoms with Gasteiger partial charge in [0.25, 0.3) is 0 Å². The SMILES string of the molecule is N[C@H](C(=O)O)[C@@H](O)[C@@]1(C(=O)O)CCCN1. The number of nitrogens with two attached hydrogens (primary N) is 1. The van der Waals surface area contributed by atoms with Crippen molar-refractivity contribution in [1.82, 2.24) is 5.32 Å². The van der Waals surface area contributed by atoms with E-state index in [2.05, 4.69) is 5.32 Å². The number of aliphatic carboxylic acids is 2. The molecule has 1 rings (SSSR count). The predicted octanol–water partition coefficient (Wildman–Crippen LogP) is -2.03. The zero-order valence-electron chi connectivity index (χ0n) is 8.01. The highest BCUT2D eigenvalue weighted by Crippen LogP contribution is 2.25. The number of carboxylic acids is 2. The highest BCUT2D eigenvalue weighted by atomic mass is 16.4. The van der Waals surface area contributed by atoms with Gasteiger partial charge >= 0.3 is 11.9 Å². The second kappa shape index (κ2) is 4.13. The second-order valence-corrected chi connectivity index (χ2v) is 3.62. The Morgan fingerprint density at radius 3 is 2.33 bits per heavy atom. The third kappa shape index (κ3) is 1.94. The van der Waals surface area contributed by atoms with Gasteiger partial charge in [-0.15, -0.1) is 0 Å². The Hall–Kier alpha value is -1.18. The van der Waals surface area contributed by atoms with E-state index in [-0.39, 0.29) is 6.42 Å². The molecule has 0 bridgehead atoms. The lowest BCUT2D eigenvalue weighted by Gasteiger charge is -2.32. The third-order valence-electron chi connectivity index (χ3n) is 2.70. The molecule has 3 atom stereocenters. The summed E-state index contributed by atoms with van der Waals surface area (Å²) in [6.07, 6.45) is -0.907. The smallest absolute Gasteiger partial charge is 0.326 e. The summed E-state index contributed by atoms with van der Waals surface area (Å²) < 4.78 is 0. The number of hydrogen-bond donors (Lipinski definition) is 5. The topological polar surface area (TPSA) is 133 Å². The summed E-state index contributed by atoms with van der Waals surface area (Å²) in [5, 5.41) is 29.9. The van der Waals surface area contributed by atoms with Gasteiger partial charge in [0.2, 0.25) is 0 Å². The van der Waals surface area contributed by atoms with E-state index < -0.39 is 29.6 Å². The van der Waals surface area contributed by atoms with E-state index >= 15 is 0 Å². The Labute approximate surface area is 85.9 Å². The van der Waals surface area contributed by atoms with Gasteiger partial charge in [0, 0.05) is 0 Å².